The molecule has 0 bridgehead atoms. The number of thioether (sulfide) groups is 1. The van der Waals surface area contributed by atoms with Crippen molar-refractivity contribution in [2.45, 2.75) is 19.9 Å². The first-order valence-electron chi connectivity index (χ1n) is 10.2. The highest BCUT2D eigenvalue weighted by Crippen LogP contribution is 2.20. The lowest BCUT2D eigenvalue weighted by molar-refractivity contribution is 0.240. The maximum Gasteiger partial charge on any atom is 0.315 e. The molecule has 0 radical (unpaired) electrons. The van der Waals surface area contributed by atoms with E-state index in [1.807, 2.05) is 18.0 Å². The first-order chi connectivity index (χ1) is 14.2. The molecule has 2 heterocycles. The molecule has 152 valence electrons. The summed E-state index contributed by atoms with van der Waals surface area (Å²) in [5.41, 5.74) is 6.00. The fourth-order valence-corrected chi connectivity index (χ4v) is 4.61. The molecule has 0 atom stereocenters. The first-order valence-corrected chi connectivity index (χ1v) is 11.3. The number of amides is 2. The van der Waals surface area contributed by atoms with Gasteiger partial charge in [-0.2, -0.15) is 11.8 Å². The van der Waals surface area contributed by atoms with E-state index in [0.717, 1.165) is 30.6 Å². The minimum Gasteiger partial charge on any atom is -0.370 e. The smallest absolute Gasteiger partial charge is 0.315 e. The van der Waals surface area contributed by atoms with Crippen molar-refractivity contribution in [3.05, 3.63) is 65.4 Å². The van der Waals surface area contributed by atoms with E-state index in [9.17, 15) is 4.79 Å². The van der Waals surface area contributed by atoms with E-state index in [0.29, 0.717) is 13.1 Å². The van der Waals surface area contributed by atoms with Gasteiger partial charge in [0.25, 0.3) is 0 Å². The van der Waals surface area contributed by atoms with Crippen molar-refractivity contribution in [2.24, 2.45) is 0 Å². The topological polar surface area (TPSA) is 60.2 Å². The van der Waals surface area contributed by atoms with E-state index in [-0.39, 0.29) is 6.03 Å². The van der Waals surface area contributed by atoms with Gasteiger partial charge < -0.3 is 20.5 Å². The van der Waals surface area contributed by atoms with E-state index in [1.54, 1.807) is 0 Å². The monoisotopic (exact) mass is 408 g/mol. The van der Waals surface area contributed by atoms with Crippen LogP contribution in [0.2, 0.25) is 0 Å². The Morgan fingerprint density at radius 2 is 1.90 bits per heavy atom. The zero-order valence-electron chi connectivity index (χ0n) is 16.8. The molecule has 6 heteroatoms. The largest absolute Gasteiger partial charge is 0.370 e. The van der Waals surface area contributed by atoms with Crippen molar-refractivity contribution >= 4 is 34.4 Å². The summed E-state index contributed by atoms with van der Waals surface area (Å²) in [5, 5.41) is 7.13. The van der Waals surface area contributed by atoms with Gasteiger partial charge in [0.05, 0.1) is 0 Å². The van der Waals surface area contributed by atoms with E-state index in [4.69, 9.17) is 0 Å². The molecule has 1 aliphatic heterocycles. The Kier molecular flexibility index (Phi) is 6.30. The minimum atomic E-state index is -0.127. The number of fused-ring (bicyclic) bond motifs is 1. The van der Waals surface area contributed by atoms with Crippen molar-refractivity contribution in [2.75, 3.05) is 36.0 Å². The molecule has 1 fully saturated rings. The number of carbonyl (C=O) groups is 1. The van der Waals surface area contributed by atoms with Crippen LogP contribution < -0.4 is 15.5 Å². The van der Waals surface area contributed by atoms with Gasteiger partial charge in [0, 0.05) is 60.5 Å². The maximum atomic E-state index is 12.1. The summed E-state index contributed by atoms with van der Waals surface area (Å²) in [6.07, 6.45) is 2.84. The second-order valence-corrected chi connectivity index (χ2v) is 8.71. The summed E-state index contributed by atoms with van der Waals surface area (Å²) in [4.78, 5) is 17.9. The number of aryl methyl sites for hydroxylation is 1. The number of urea groups is 1. The molecule has 29 heavy (non-hydrogen) atoms. The molecule has 0 saturated carbocycles. The fraction of sp³-hybridized carbons (Fsp3) is 0.348. The minimum absolute atomic E-state index is 0.127. The zero-order valence-corrected chi connectivity index (χ0v) is 17.6. The van der Waals surface area contributed by atoms with Crippen molar-refractivity contribution in [3.63, 3.8) is 0 Å². The number of nitrogens with one attached hydrogen (secondary N) is 3. The van der Waals surface area contributed by atoms with E-state index in [2.05, 4.69) is 69.9 Å². The Morgan fingerprint density at radius 3 is 2.69 bits per heavy atom. The Balaban J connectivity index is 1.21. The van der Waals surface area contributed by atoms with Crippen LogP contribution in [0, 0.1) is 6.92 Å². The summed E-state index contributed by atoms with van der Waals surface area (Å²) in [6.45, 7) is 5.46. The Hall–Kier alpha value is -2.60. The number of hydrogen-bond donors (Lipinski definition) is 3. The van der Waals surface area contributed by atoms with Gasteiger partial charge in [0.15, 0.2) is 0 Å². The van der Waals surface area contributed by atoms with Crippen LogP contribution in [0.3, 0.4) is 0 Å². The van der Waals surface area contributed by atoms with Gasteiger partial charge in [-0.05, 0) is 48.2 Å². The third kappa shape index (κ3) is 5.07. The summed E-state index contributed by atoms with van der Waals surface area (Å²) in [6, 6.07) is 14.8. The van der Waals surface area contributed by atoms with Crippen molar-refractivity contribution < 1.29 is 4.79 Å². The normalized spacial score (nSPS) is 14.2. The summed E-state index contributed by atoms with van der Waals surface area (Å²) >= 11 is 2.02. The van der Waals surface area contributed by atoms with Crippen LogP contribution in [0.5, 0.6) is 0 Å². The number of anilines is 1. The molecule has 0 spiro atoms. The van der Waals surface area contributed by atoms with E-state index in [1.165, 1.54) is 33.7 Å². The van der Waals surface area contributed by atoms with Crippen LogP contribution in [-0.4, -0.2) is 42.2 Å². The van der Waals surface area contributed by atoms with Gasteiger partial charge >= 0.3 is 6.03 Å². The molecule has 5 nitrogen and oxygen atoms in total. The molecule has 1 aromatic heterocycles. The predicted molar refractivity (Wildman–Crippen MR) is 123 cm³/mol. The molecule has 1 aliphatic rings. The highest BCUT2D eigenvalue weighted by Gasteiger charge is 2.11. The number of hydrogen-bond acceptors (Lipinski definition) is 3. The third-order valence-corrected chi connectivity index (χ3v) is 6.31. The van der Waals surface area contributed by atoms with Gasteiger partial charge in [0.1, 0.15) is 0 Å². The number of aromatic amines is 1. The molecule has 3 N–H and O–H groups in total. The molecule has 0 unspecified atom stereocenters. The number of nitrogens with zero attached hydrogens (tertiary/aromatic N) is 1. The van der Waals surface area contributed by atoms with Gasteiger partial charge in [0.2, 0.25) is 0 Å². The SMILES string of the molecule is Cc1ccc2c(CCNC(=O)NCc3ccc(N4CCSCC4)cc3)c[nH]c2c1. The Morgan fingerprint density at radius 1 is 1.10 bits per heavy atom. The number of aromatic nitrogens is 1. The first kappa shape index (κ1) is 19.7. The summed E-state index contributed by atoms with van der Waals surface area (Å²) in [5.74, 6) is 2.39. The van der Waals surface area contributed by atoms with Crippen molar-refractivity contribution in [1.29, 1.82) is 0 Å². The summed E-state index contributed by atoms with van der Waals surface area (Å²) < 4.78 is 0. The summed E-state index contributed by atoms with van der Waals surface area (Å²) in [7, 11) is 0. The van der Waals surface area contributed by atoms with Crippen LogP contribution >= 0.6 is 11.8 Å². The van der Waals surface area contributed by atoms with Crippen molar-refractivity contribution in [3.8, 4) is 0 Å². The van der Waals surface area contributed by atoms with Crippen LogP contribution in [-0.2, 0) is 13.0 Å². The lowest BCUT2D eigenvalue weighted by Gasteiger charge is -2.28. The molecule has 2 aromatic carbocycles. The van der Waals surface area contributed by atoms with Gasteiger partial charge in [-0.25, -0.2) is 4.79 Å². The van der Waals surface area contributed by atoms with E-state index < -0.39 is 0 Å². The molecule has 3 aromatic rings. The predicted octanol–water partition coefficient (Wildman–Crippen LogP) is 4.07. The van der Waals surface area contributed by atoms with Gasteiger partial charge in [-0.1, -0.05) is 24.3 Å². The molecular weight excluding hydrogens is 380 g/mol. The van der Waals surface area contributed by atoms with Gasteiger partial charge in [-0.3, -0.25) is 0 Å². The lowest BCUT2D eigenvalue weighted by Crippen LogP contribution is -2.36. The fourth-order valence-electron chi connectivity index (χ4n) is 3.71. The standard InChI is InChI=1S/C23H28N4OS/c1-17-2-7-21-19(16-25-22(21)14-17)8-9-24-23(28)26-15-18-3-5-20(6-4-18)27-10-12-29-13-11-27/h2-7,14,16,25H,8-13,15H2,1H3,(H2,24,26,28). The van der Waals surface area contributed by atoms with Gasteiger partial charge in [-0.15, -0.1) is 0 Å². The number of rotatable bonds is 6. The average molecular weight is 409 g/mol. The second kappa shape index (κ2) is 9.27. The van der Waals surface area contributed by atoms with Crippen LogP contribution in [0.4, 0.5) is 10.5 Å². The number of H-pyrrole nitrogens is 1. The van der Waals surface area contributed by atoms with Crippen LogP contribution in [0.1, 0.15) is 16.7 Å². The highest BCUT2D eigenvalue weighted by molar-refractivity contribution is 7.99. The maximum absolute atomic E-state index is 12.1. The molecule has 4 rings (SSSR count). The Labute approximate surface area is 176 Å². The second-order valence-electron chi connectivity index (χ2n) is 7.49. The molecule has 1 saturated heterocycles. The van der Waals surface area contributed by atoms with Crippen LogP contribution in [0.15, 0.2) is 48.7 Å². The van der Waals surface area contributed by atoms with E-state index >= 15 is 0 Å². The Bertz CT molecular complexity index is 961. The molecular formula is C23H28N4OS. The quantitative estimate of drug-likeness (QED) is 0.576. The third-order valence-electron chi connectivity index (χ3n) is 5.37. The number of benzene rings is 2. The zero-order chi connectivity index (χ0) is 20.1. The average Bonchev–Trinajstić information content (AvgIpc) is 3.15. The molecule has 0 aliphatic carbocycles. The molecule has 2 amide bonds. The lowest BCUT2D eigenvalue weighted by atomic mass is 10.1. The van der Waals surface area contributed by atoms with Crippen LogP contribution in [0.25, 0.3) is 10.9 Å². The van der Waals surface area contributed by atoms with Crippen molar-refractivity contribution in [1.82, 2.24) is 15.6 Å². The highest BCUT2D eigenvalue weighted by atomic mass is 32.2. The number of carbonyl (C=O) groups excluding carboxylic acids is 1.